The van der Waals surface area contributed by atoms with Gasteiger partial charge in [0, 0.05) is 6.54 Å². The Morgan fingerprint density at radius 3 is 2.72 bits per heavy atom. The SMILES string of the molecule is C=CCN1C(=O)N[C@@H](c2ccc(C)cc2)C2=C1CN([C@H](C)C(=O)NCc1ccco1)C2=O. The predicted molar refractivity (Wildman–Crippen MR) is 118 cm³/mol. The van der Waals surface area contributed by atoms with Crippen molar-refractivity contribution in [1.82, 2.24) is 20.4 Å². The number of nitrogens with one attached hydrogen (secondary N) is 2. The van der Waals surface area contributed by atoms with Crippen LogP contribution in [0.1, 0.15) is 29.9 Å². The monoisotopic (exact) mass is 434 g/mol. The van der Waals surface area contributed by atoms with Crippen molar-refractivity contribution in [3.63, 3.8) is 0 Å². The van der Waals surface area contributed by atoms with E-state index in [0.29, 0.717) is 17.0 Å². The van der Waals surface area contributed by atoms with E-state index in [-0.39, 0.29) is 37.5 Å². The highest BCUT2D eigenvalue weighted by molar-refractivity contribution is 6.03. The molecule has 2 atom stereocenters. The van der Waals surface area contributed by atoms with Gasteiger partial charge in [0.1, 0.15) is 11.8 Å². The van der Waals surface area contributed by atoms with Gasteiger partial charge in [0.15, 0.2) is 0 Å². The molecule has 0 aliphatic carbocycles. The van der Waals surface area contributed by atoms with Crippen molar-refractivity contribution >= 4 is 17.8 Å². The number of benzene rings is 1. The second kappa shape index (κ2) is 8.74. The summed E-state index contributed by atoms with van der Waals surface area (Å²) in [6.45, 7) is 8.06. The first-order valence-electron chi connectivity index (χ1n) is 10.5. The molecule has 2 aliphatic rings. The van der Waals surface area contributed by atoms with Crippen LogP contribution in [-0.2, 0) is 16.1 Å². The first-order chi connectivity index (χ1) is 15.4. The smallest absolute Gasteiger partial charge is 0.322 e. The number of aryl methyl sites for hydroxylation is 1. The maximum Gasteiger partial charge on any atom is 0.322 e. The van der Waals surface area contributed by atoms with Crippen molar-refractivity contribution < 1.29 is 18.8 Å². The zero-order valence-corrected chi connectivity index (χ0v) is 18.1. The summed E-state index contributed by atoms with van der Waals surface area (Å²) in [5.41, 5.74) is 3.00. The summed E-state index contributed by atoms with van der Waals surface area (Å²) in [7, 11) is 0. The van der Waals surface area contributed by atoms with Crippen molar-refractivity contribution in [2.45, 2.75) is 32.5 Å². The first kappa shape index (κ1) is 21.4. The fraction of sp³-hybridized carbons (Fsp3) is 0.292. The summed E-state index contributed by atoms with van der Waals surface area (Å²) in [5, 5.41) is 5.74. The van der Waals surface area contributed by atoms with Gasteiger partial charge in [0.2, 0.25) is 5.91 Å². The van der Waals surface area contributed by atoms with Gasteiger partial charge < -0.3 is 20.0 Å². The summed E-state index contributed by atoms with van der Waals surface area (Å²) in [6, 6.07) is 9.63. The lowest BCUT2D eigenvalue weighted by atomic mass is 9.95. The number of hydrogen-bond acceptors (Lipinski definition) is 4. The van der Waals surface area contributed by atoms with Crippen LogP contribution in [0.4, 0.5) is 4.79 Å². The van der Waals surface area contributed by atoms with E-state index in [9.17, 15) is 14.4 Å². The molecule has 8 nitrogen and oxygen atoms in total. The molecule has 2 aromatic rings. The zero-order chi connectivity index (χ0) is 22.8. The molecule has 0 fully saturated rings. The van der Waals surface area contributed by atoms with E-state index in [4.69, 9.17) is 4.42 Å². The van der Waals surface area contributed by atoms with Crippen LogP contribution >= 0.6 is 0 Å². The number of carbonyl (C=O) groups excluding carboxylic acids is 3. The molecule has 0 spiro atoms. The largest absolute Gasteiger partial charge is 0.467 e. The summed E-state index contributed by atoms with van der Waals surface area (Å²) in [6.07, 6.45) is 3.15. The maximum absolute atomic E-state index is 13.5. The molecular weight excluding hydrogens is 408 g/mol. The zero-order valence-electron chi connectivity index (χ0n) is 18.1. The number of carbonyl (C=O) groups is 3. The summed E-state index contributed by atoms with van der Waals surface area (Å²) in [4.78, 5) is 42.1. The molecular formula is C24H26N4O4. The van der Waals surface area contributed by atoms with E-state index < -0.39 is 12.1 Å². The number of urea groups is 1. The van der Waals surface area contributed by atoms with E-state index in [1.807, 2.05) is 31.2 Å². The highest BCUT2D eigenvalue weighted by atomic mass is 16.3. The molecule has 2 N–H and O–H groups in total. The van der Waals surface area contributed by atoms with Crippen LogP contribution in [-0.4, -0.2) is 46.8 Å². The van der Waals surface area contributed by atoms with Crippen molar-refractivity contribution in [3.8, 4) is 0 Å². The third kappa shape index (κ3) is 3.91. The molecule has 32 heavy (non-hydrogen) atoms. The van der Waals surface area contributed by atoms with Crippen molar-refractivity contribution in [3.05, 3.63) is 83.5 Å². The van der Waals surface area contributed by atoms with Crippen LogP contribution in [0.3, 0.4) is 0 Å². The Hall–Kier alpha value is -3.81. The van der Waals surface area contributed by atoms with Gasteiger partial charge in [-0.15, -0.1) is 6.58 Å². The average Bonchev–Trinajstić information content (AvgIpc) is 3.42. The van der Waals surface area contributed by atoms with Crippen LogP contribution in [0, 0.1) is 6.92 Å². The lowest BCUT2D eigenvalue weighted by Crippen LogP contribution is -2.47. The fourth-order valence-corrected chi connectivity index (χ4v) is 4.03. The number of amides is 4. The molecule has 4 amide bonds. The van der Waals surface area contributed by atoms with E-state index in [1.54, 1.807) is 25.1 Å². The van der Waals surface area contributed by atoms with Crippen molar-refractivity contribution in [2.24, 2.45) is 0 Å². The summed E-state index contributed by atoms with van der Waals surface area (Å²) < 4.78 is 5.25. The van der Waals surface area contributed by atoms with E-state index in [0.717, 1.165) is 11.1 Å². The maximum atomic E-state index is 13.5. The van der Waals surface area contributed by atoms with Gasteiger partial charge in [0.05, 0.1) is 36.7 Å². The van der Waals surface area contributed by atoms with Gasteiger partial charge in [0.25, 0.3) is 5.91 Å². The minimum Gasteiger partial charge on any atom is -0.467 e. The van der Waals surface area contributed by atoms with E-state index >= 15 is 0 Å². The van der Waals surface area contributed by atoms with Crippen LogP contribution in [0.15, 0.2) is 71.0 Å². The molecule has 0 unspecified atom stereocenters. The fourth-order valence-electron chi connectivity index (χ4n) is 4.03. The molecule has 2 aliphatic heterocycles. The number of rotatable bonds is 7. The topological polar surface area (TPSA) is 94.9 Å². The Bertz CT molecular complexity index is 1070. The number of hydrogen-bond donors (Lipinski definition) is 2. The van der Waals surface area contributed by atoms with E-state index in [2.05, 4.69) is 17.2 Å². The van der Waals surface area contributed by atoms with Gasteiger partial charge in [-0.05, 0) is 31.5 Å². The van der Waals surface area contributed by atoms with Crippen molar-refractivity contribution in [1.29, 1.82) is 0 Å². The number of nitrogens with zero attached hydrogens (tertiary/aromatic N) is 2. The van der Waals surface area contributed by atoms with Crippen LogP contribution in [0.5, 0.6) is 0 Å². The highest BCUT2D eigenvalue weighted by Gasteiger charge is 2.45. The van der Waals surface area contributed by atoms with Gasteiger partial charge in [-0.1, -0.05) is 35.9 Å². The minimum absolute atomic E-state index is 0.174. The second-order valence-corrected chi connectivity index (χ2v) is 7.96. The van der Waals surface area contributed by atoms with E-state index in [1.165, 1.54) is 16.1 Å². The Kier molecular flexibility index (Phi) is 5.85. The Morgan fingerprint density at radius 2 is 2.06 bits per heavy atom. The lowest BCUT2D eigenvalue weighted by molar-refractivity contribution is -0.135. The second-order valence-electron chi connectivity index (χ2n) is 7.96. The van der Waals surface area contributed by atoms with Crippen LogP contribution in [0.2, 0.25) is 0 Å². The molecule has 1 aromatic carbocycles. The molecule has 166 valence electrons. The average molecular weight is 434 g/mol. The molecule has 8 heteroatoms. The lowest BCUT2D eigenvalue weighted by Gasteiger charge is -2.33. The molecule has 0 saturated heterocycles. The summed E-state index contributed by atoms with van der Waals surface area (Å²) >= 11 is 0. The third-order valence-corrected chi connectivity index (χ3v) is 5.84. The van der Waals surface area contributed by atoms with Gasteiger partial charge in [-0.25, -0.2) is 4.79 Å². The Morgan fingerprint density at radius 1 is 1.31 bits per heavy atom. The normalized spacial score (nSPS) is 19.0. The standard InChI is InChI=1S/C24H26N4O4/c1-4-11-27-19-14-28(16(3)22(29)25-13-18-6-5-12-32-18)23(30)20(19)21(26-24(27)31)17-9-7-15(2)8-10-17/h4-10,12,16,21H,1,11,13-14H2,2-3H3,(H,25,29)(H,26,31)/t16-,21+/m1/s1. The van der Waals surface area contributed by atoms with Gasteiger partial charge in [-0.3, -0.25) is 14.5 Å². The Labute approximate surface area is 186 Å². The first-order valence-corrected chi connectivity index (χ1v) is 10.5. The van der Waals surface area contributed by atoms with Crippen molar-refractivity contribution in [2.75, 3.05) is 13.1 Å². The van der Waals surface area contributed by atoms with Gasteiger partial charge in [-0.2, -0.15) is 0 Å². The Balaban J connectivity index is 1.60. The molecule has 0 bridgehead atoms. The molecule has 1 aromatic heterocycles. The molecule has 0 radical (unpaired) electrons. The van der Waals surface area contributed by atoms with Crippen LogP contribution < -0.4 is 10.6 Å². The highest BCUT2D eigenvalue weighted by Crippen LogP contribution is 2.37. The minimum atomic E-state index is -0.720. The van der Waals surface area contributed by atoms with Crippen LogP contribution in [0.25, 0.3) is 0 Å². The molecule has 3 heterocycles. The molecule has 0 saturated carbocycles. The van der Waals surface area contributed by atoms with Gasteiger partial charge >= 0.3 is 6.03 Å². The third-order valence-electron chi connectivity index (χ3n) is 5.84. The quantitative estimate of drug-likeness (QED) is 0.655. The summed E-state index contributed by atoms with van der Waals surface area (Å²) in [5.74, 6) is 0.0680. The number of furan rings is 1. The molecule has 4 rings (SSSR count). The predicted octanol–water partition coefficient (Wildman–Crippen LogP) is 2.64.